The highest BCUT2D eigenvalue weighted by Crippen LogP contribution is 2.24. The van der Waals surface area contributed by atoms with Crippen LogP contribution in [0.2, 0.25) is 0 Å². The third kappa shape index (κ3) is 4.46. The number of phenols is 2. The Morgan fingerprint density at radius 3 is 2.25 bits per heavy atom. The van der Waals surface area contributed by atoms with Gasteiger partial charge in [-0.1, -0.05) is 0 Å². The van der Waals surface area contributed by atoms with E-state index in [1.54, 1.807) is 6.92 Å². The summed E-state index contributed by atoms with van der Waals surface area (Å²) in [5.41, 5.74) is -0.219. The summed E-state index contributed by atoms with van der Waals surface area (Å²) in [6.45, 7) is 7.10. The molecule has 0 radical (unpaired) electrons. The molecule has 0 saturated heterocycles. The van der Waals surface area contributed by atoms with E-state index in [0.717, 1.165) is 6.07 Å². The van der Waals surface area contributed by atoms with Crippen molar-refractivity contribution in [3.63, 3.8) is 0 Å². The van der Waals surface area contributed by atoms with Crippen LogP contribution in [0.1, 0.15) is 38.1 Å². The van der Waals surface area contributed by atoms with Gasteiger partial charge in [0.25, 0.3) is 5.91 Å². The minimum atomic E-state index is -0.710. The van der Waals surface area contributed by atoms with Crippen LogP contribution in [0.25, 0.3) is 0 Å². The number of amides is 2. The maximum atomic E-state index is 11.9. The Hall–Kier alpha value is -2.24. The van der Waals surface area contributed by atoms with Crippen LogP contribution in [0.15, 0.2) is 18.2 Å². The summed E-state index contributed by atoms with van der Waals surface area (Å²) in [6.07, 6.45) is 0. The van der Waals surface area contributed by atoms with Gasteiger partial charge in [-0.15, -0.1) is 0 Å². The maximum Gasteiger partial charge on any atom is 0.252 e. The maximum absolute atomic E-state index is 11.9. The second-order valence-corrected chi connectivity index (χ2v) is 5.64. The number of aromatic hydroxyl groups is 2. The van der Waals surface area contributed by atoms with Gasteiger partial charge in [0.2, 0.25) is 5.91 Å². The summed E-state index contributed by atoms with van der Waals surface area (Å²) in [4.78, 5) is 23.7. The molecule has 2 amide bonds. The van der Waals surface area contributed by atoms with Crippen molar-refractivity contribution in [3.8, 4) is 11.5 Å². The van der Waals surface area contributed by atoms with E-state index in [1.807, 2.05) is 20.8 Å². The van der Waals surface area contributed by atoms with Crippen LogP contribution < -0.4 is 10.6 Å². The zero-order valence-corrected chi connectivity index (χ0v) is 12.0. The Balaban J connectivity index is 2.70. The van der Waals surface area contributed by atoms with Gasteiger partial charge in [-0.25, -0.2) is 0 Å². The van der Waals surface area contributed by atoms with Crippen LogP contribution in [-0.2, 0) is 4.79 Å². The van der Waals surface area contributed by atoms with E-state index in [2.05, 4.69) is 10.6 Å². The molecule has 1 unspecified atom stereocenters. The molecular formula is C14H20N2O4. The number of phenolic OH excluding ortho intramolecular Hbond substituents is 2. The first-order valence-corrected chi connectivity index (χ1v) is 6.25. The minimum Gasteiger partial charge on any atom is -0.504 e. The van der Waals surface area contributed by atoms with Crippen LogP contribution in [0, 0.1) is 0 Å². The van der Waals surface area contributed by atoms with Gasteiger partial charge < -0.3 is 20.8 Å². The third-order valence-corrected chi connectivity index (χ3v) is 2.48. The molecule has 0 bridgehead atoms. The average Bonchev–Trinajstić information content (AvgIpc) is 2.30. The molecule has 0 spiro atoms. The standard InChI is InChI=1S/C14H20N2O4/c1-8(12(19)16-14(2,3)4)15-13(20)9-5-6-10(17)11(18)7-9/h5-8,17-18H,1-4H3,(H,15,20)(H,16,19). The molecule has 20 heavy (non-hydrogen) atoms. The van der Waals surface area contributed by atoms with Crippen molar-refractivity contribution in [1.29, 1.82) is 0 Å². The molecule has 0 saturated carbocycles. The molecule has 1 rings (SSSR count). The number of carbonyl (C=O) groups is 2. The molecule has 4 N–H and O–H groups in total. The van der Waals surface area contributed by atoms with Crippen molar-refractivity contribution < 1.29 is 19.8 Å². The highest BCUT2D eigenvalue weighted by atomic mass is 16.3. The predicted molar refractivity (Wildman–Crippen MR) is 74.6 cm³/mol. The van der Waals surface area contributed by atoms with E-state index in [-0.39, 0.29) is 28.5 Å². The molecule has 0 aliphatic rings. The molecular weight excluding hydrogens is 260 g/mol. The molecule has 1 atom stereocenters. The average molecular weight is 280 g/mol. The van der Waals surface area contributed by atoms with Crippen LogP contribution in [0.3, 0.4) is 0 Å². The topological polar surface area (TPSA) is 98.7 Å². The van der Waals surface area contributed by atoms with Gasteiger partial charge in [0.05, 0.1) is 0 Å². The van der Waals surface area contributed by atoms with Crippen LogP contribution in [-0.4, -0.2) is 33.6 Å². The van der Waals surface area contributed by atoms with Crippen molar-refractivity contribution in [2.75, 3.05) is 0 Å². The fourth-order valence-corrected chi connectivity index (χ4v) is 1.49. The zero-order valence-electron chi connectivity index (χ0n) is 12.0. The smallest absolute Gasteiger partial charge is 0.252 e. The SMILES string of the molecule is CC(NC(=O)c1ccc(O)c(O)c1)C(=O)NC(C)(C)C. The van der Waals surface area contributed by atoms with Crippen molar-refractivity contribution >= 4 is 11.8 Å². The number of carbonyl (C=O) groups excluding carboxylic acids is 2. The number of nitrogens with one attached hydrogen (secondary N) is 2. The first-order chi connectivity index (χ1) is 9.10. The highest BCUT2D eigenvalue weighted by Gasteiger charge is 2.21. The second kappa shape index (κ2) is 5.81. The lowest BCUT2D eigenvalue weighted by Crippen LogP contribution is -2.50. The Morgan fingerprint density at radius 1 is 1.15 bits per heavy atom. The summed E-state index contributed by atoms with van der Waals surface area (Å²) in [6, 6.07) is 3.00. The lowest BCUT2D eigenvalue weighted by Gasteiger charge is -2.23. The van der Waals surface area contributed by atoms with E-state index in [9.17, 15) is 19.8 Å². The van der Waals surface area contributed by atoms with Gasteiger partial charge in [0.1, 0.15) is 6.04 Å². The molecule has 6 nitrogen and oxygen atoms in total. The molecule has 0 fully saturated rings. The Labute approximate surface area is 117 Å². The Bertz CT molecular complexity index is 520. The van der Waals surface area contributed by atoms with E-state index in [0.29, 0.717) is 0 Å². The third-order valence-electron chi connectivity index (χ3n) is 2.48. The van der Waals surface area contributed by atoms with Crippen LogP contribution >= 0.6 is 0 Å². The summed E-state index contributed by atoms with van der Waals surface area (Å²) >= 11 is 0. The van der Waals surface area contributed by atoms with Crippen molar-refractivity contribution in [2.24, 2.45) is 0 Å². The first kappa shape index (κ1) is 15.8. The number of rotatable bonds is 3. The minimum absolute atomic E-state index is 0.163. The lowest BCUT2D eigenvalue weighted by molar-refractivity contribution is -0.124. The molecule has 0 heterocycles. The predicted octanol–water partition coefficient (Wildman–Crippen LogP) is 1.13. The molecule has 1 aromatic carbocycles. The summed E-state index contributed by atoms with van der Waals surface area (Å²) in [5.74, 6) is -1.49. The van der Waals surface area contributed by atoms with E-state index in [4.69, 9.17) is 0 Å². The molecule has 1 aromatic rings. The summed E-state index contributed by atoms with van der Waals surface area (Å²) in [5, 5.41) is 23.8. The van der Waals surface area contributed by atoms with Crippen molar-refractivity contribution in [2.45, 2.75) is 39.3 Å². The normalized spacial score (nSPS) is 12.6. The monoisotopic (exact) mass is 280 g/mol. The summed E-state index contributed by atoms with van der Waals surface area (Å²) < 4.78 is 0. The van der Waals surface area contributed by atoms with Gasteiger partial charge in [-0.05, 0) is 45.9 Å². The quantitative estimate of drug-likeness (QED) is 0.624. The largest absolute Gasteiger partial charge is 0.504 e. The van der Waals surface area contributed by atoms with Crippen LogP contribution in [0.5, 0.6) is 11.5 Å². The van der Waals surface area contributed by atoms with Gasteiger partial charge in [-0.2, -0.15) is 0 Å². The van der Waals surface area contributed by atoms with Crippen LogP contribution in [0.4, 0.5) is 0 Å². The fourth-order valence-electron chi connectivity index (χ4n) is 1.49. The van der Waals surface area contributed by atoms with Gasteiger partial charge in [0, 0.05) is 11.1 Å². The van der Waals surface area contributed by atoms with Gasteiger partial charge >= 0.3 is 0 Å². The molecule has 0 aliphatic heterocycles. The second-order valence-electron chi connectivity index (χ2n) is 5.64. The molecule has 0 aromatic heterocycles. The molecule has 6 heteroatoms. The van der Waals surface area contributed by atoms with E-state index in [1.165, 1.54) is 12.1 Å². The van der Waals surface area contributed by atoms with Crippen molar-refractivity contribution in [3.05, 3.63) is 23.8 Å². The lowest BCUT2D eigenvalue weighted by atomic mass is 10.1. The Morgan fingerprint density at radius 2 is 1.75 bits per heavy atom. The number of hydrogen-bond donors (Lipinski definition) is 4. The van der Waals surface area contributed by atoms with Crippen molar-refractivity contribution in [1.82, 2.24) is 10.6 Å². The van der Waals surface area contributed by atoms with E-state index >= 15 is 0 Å². The number of hydrogen-bond acceptors (Lipinski definition) is 4. The summed E-state index contributed by atoms with van der Waals surface area (Å²) in [7, 11) is 0. The first-order valence-electron chi connectivity index (χ1n) is 6.25. The van der Waals surface area contributed by atoms with E-state index < -0.39 is 11.9 Å². The zero-order chi connectivity index (χ0) is 15.5. The van der Waals surface area contributed by atoms with Gasteiger partial charge in [-0.3, -0.25) is 9.59 Å². The Kier molecular flexibility index (Phi) is 4.60. The highest BCUT2D eigenvalue weighted by molar-refractivity contribution is 5.98. The molecule has 0 aliphatic carbocycles. The molecule has 110 valence electrons. The number of benzene rings is 1. The fraction of sp³-hybridized carbons (Fsp3) is 0.429. The van der Waals surface area contributed by atoms with Gasteiger partial charge in [0.15, 0.2) is 11.5 Å².